The number of fused-ring (bicyclic) bond motifs is 1. The zero-order valence-electron chi connectivity index (χ0n) is 16.9. The fourth-order valence-electron chi connectivity index (χ4n) is 4.07. The number of carbonyl (C=O) groups is 1. The van der Waals surface area contributed by atoms with E-state index in [0.29, 0.717) is 42.8 Å². The Morgan fingerprint density at radius 2 is 1.81 bits per heavy atom. The van der Waals surface area contributed by atoms with E-state index in [1.165, 1.54) is 12.1 Å². The molecule has 1 aliphatic rings. The number of ether oxygens (including phenoxy) is 1. The Morgan fingerprint density at radius 1 is 1.13 bits per heavy atom. The first kappa shape index (κ1) is 21.0. The third-order valence-corrected chi connectivity index (χ3v) is 5.74. The maximum atomic E-state index is 12.7. The minimum absolute atomic E-state index is 0.0373. The molecule has 1 aliphatic heterocycles. The number of hydrogen-bond donors (Lipinski definition) is 1. The number of aromatic nitrogens is 2. The number of methoxy groups -OCH3 is 1. The maximum absolute atomic E-state index is 12.7. The number of rotatable bonds is 4. The van der Waals surface area contributed by atoms with Crippen LogP contribution in [0, 0.1) is 0 Å². The minimum Gasteiger partial charge on any atom is -0.497 e. The smallest absolute Gasteiger partial charge is 0.416 e. The topological polar surface area (TPSA) is 67.3 Å². The maximum Gasteiger partial charge on any atom is 0.416 e. The summed E-state index contributed by atoms with van der Waals surface area (Å²) in [7, 11) is 1.56. The van der Waals surface area contributed by atoms with E-state index in [1.54, 1.807) is 28.7 Å². The summed E-state index contributed by atoms with van der Waals surface area (Å²) >= 11 is 0. The lowest BCUT2D eigenvalue weighted by Crippen LogP contribution is -2.41. The summed E-state index contributed by atoms with van der Waals surface area (Å²) in [5.74, 6) is 0.527. The number of H-pyrrole nitrogens is 1. The molecule has 1 saturated heterocycles. The number of amides is 1. The molecule has 164 valence electrons. The van der Waals surface area contributed by atoms with Crippen molar-refractivity contribution in [3.05, 3.63) is 64.1 Å². The molecule has 0 saturated carbocycles. The number of benzene rings is 2. The number of imidazole rings is 1. The zero-order valence-corrected chi connectivity index (χ0v) is 16.9. The SMILES string of the molecule is COc1ccc2c(c1)[nH]c(=O)n2C1CCN(C(=O)Cc2ccc(C(F)(F)F)cc2)CC1. The van der Waals surface area contributed by atoms with Crippen molar-refractivity contribution in [2.45, 2.75) is 31.5 Å². The molecule has 0 aliphatic carbocycles. The number of likely N-dealkylation sites (tertiary alicyclic amines) is 1. The second-order valence-electron chi connectivity index (χ2n) is 7.67. The summed E-state index contributed by atoms with van der Waals surface area (Å²) in [6, 6.07) is 10.0. The molecule has 1 aromatic heterocycles. The van der Waals surface area contributed by atoms with Gasteiger partial charge in [-0.1, -0.05) is 12.1 Å². The van der Waals surface area contributed by atoms with Crippen LogP contribution in [0.4, 0.5) is 13.2 Å². The quantitative estimate of drug-likeness (QED) is 0.681. The molecule has 2 heterocycles. The van der Waals surface area contributed by atoms with Crippen molar-refractivity contribution in [3.8, 4) is 5.75 Å². The van der Waals surface area contributed by atoms with Gasteiger partial charge < -0.3 is 14.6 Å². The fourth-order valence-corrected chi connectivity index (χ4v) is 4.07. The summed E-state index contributed by atoms with van der Waals surface area (Å²) in [4.78, 5) is 29.7. The molecule has 0 atom stereocenters. The number of alkyl halides is 3. The molecule has 0 radical (unpaired) electrons. The van der Waals surface area contributed by atoms with Crippen molar-refractivity contribution in [1.82, 2.24) is 14.5 Å². The van der Waals surface area contributed by atoms with Gasteiger partial charge in [0, 0.05) is 25.2 Å². The molecule has 1 fully saturated rings. The summed E-state index contributed by atoms with van der Waals surface area (Å²) in [6.07, 6.45) is -3.10. The van der Waals surface area contributed by atoms with Crippen molar-refractivity contribution in [3.63, 3.8) is 0 Å². The second kappa shape index (κ2) is 8.13. The summed E-state index contributed by atoms with van der Waals surface area (Å²) in [6.45, 7) is 0.971. The van der Waals surface area contributed by atoms with Gasteiger partial charge in [0.2, 0.25) is 5.91 Å². The Morgan fingerprint density at radius 3 is 2.42 bits per heavy atom. The molecule has 31 heavy (non-hydrogen) atoms. The van der Waals surface area contributed by atoms with E-state index in [0.717, 1.165) is 17.6 Å². The average molecular weight is 433 g/mol. The minimum atomic E-state index is -4.39. The number of nitrogens with zero attached hydrogens (tertiary/aromatic N) is 2. The van der Waals surface area contributed by atoms with Gasteiger partial charge >= 0.3 is 11.9 Å². The average Bonchev–Trinajstić information content (AvgIpc) is 3.08. The van der Waals surface area contributed by atoms with Gasteiger partial charge in [-0.3, -0.25) is 9.36 Å². The number of nitrogens with one attached hydrogen (secondary N) is 1. The molecule has 0 spiro atoms. The summed E-state index contributed by atoms with van der Waals surface area (Å²) in [5.41, 5.74) is 1.11. The largest absolute Gasteiger partial charge is 0.497 e. The van der Waals surface area contributed by atoms with Crippen LogP contribution < -0.4 is 10.4 Å². The van der Waals surface area contributed by atoms with Crippen LogP contribution >= 0.6 is 0 Å². The Hall–Kier alpha value is -3.23. The third-order valence-electron chi connectivity index (χ3n) is 5.74. The Kier molecular flexibility index (Phi) is 5.51. The highest BCUT2D eigenvalue weighted by atomic mass is 19.4. The first-order chi connectivity index (χ1) is 14.8. The Labute approximate surface area is 176 Å². The second-order valence-corrected chi connectivity index (χ2v) is 7.67. The van der Waals surface area contributed by atoms with Gasteiger partial charge in [-0.25, -0.2) is 4.79 Å². The van der Waals surface area contributed by atoms with E-state index in [4.69, 9.17) is 4.74 Å². The van der Waals surface area contributed by atoms with Crippen molar-refractivity contribution < 1.29 is 22.7 Å². The molecule has 2 aromatic carbocycles. The highest BCUT2D eigenvalue weighted by Gasteiger charge is 2.30. The molecule has 9 heteroatoms. The monoisotopic (exact) mass is 433 g/mol. The lowest BCUT2D eigenvalue weighted by Gasteiger charge is -2.32. The standard InChI is InChI=1S/C22H22F3N3O3/c1-31-17-6-7-19-18(13-17)26-21(30)28(19)16-8-10-27(11-9-16)20(29)12-14-2-4-15(5-3-14)22(23,24)25/h2-7,13,16H,8-12H2,1H3,(H,26,30). The van der Waals surface area contributed by atoms with Crippen LogP contribution in [-0.4, -0.2) is 40.6 Å². The molecular weight excluding hydrogens is 411 g/mol. The van der Waals surface area contributed by atoms with E-state index >= 15 is 0 Å². The van der Waals surface area contributed by atoms with Crippen LogP contribution in [0.2, 0.25) is 0 Å². The molecule has 0 bridgehead atoms. The fraction of sp³-hybridized carbons (Fsp3) is 0.364. The van der Waals surface area contributed by atoms with E-state index in [-0.39, 0.29) is 24.1 Å². The zero-order chi connectivity index (χ0) is 22.2. The van der Waals surface area contributed by atoms with Gasteiger partial charge in [-0.2, -0.15) is 13.2 Å². The van der Waals surface area contributed by atoms with Gasteiger partial charge in [0.25, 0.3) is 0 Å². The van der Waals surface area contributed by atoms with E-state index in [9.17, 15) is 22.8 Å². The predicted octanol–water partition coefficient (Wildman–Crippen LogP) is 3.76. The summed E-state index contributed by atoms with van der Waals surface area (Å²) < 4.78 is 45.0. The number of aromatic amines is 1. The third kappa shape index (κ3) is 4.30. The van der Waals surface area contributed by atoms with E-state index < -0.39 is 11.7 Å². The lowest BCUT2D eigenvalue weighted by atomic mass is 10.0. The molecule has 0 unspecified atom stereocenters. The van der Waals surface area contributed by atoms with Crippen LogP contribution in [0.25, 0.3) is 11.0 Å². The Bertz CT molecular complexity index is 1140. The van der Waals surface area contributed by atoms with E-state index in [2.05, 4.69) is 4.98 Å². The number of halogens is 3. The van der Waals surface area contributed by atoms with Gasteiger partial charge in [0.15, 0.2) is 0 Å². The van der Waals surface area contributed by atoms with E-state index in [1.807, 2.05) is 6.07 Å². The first-order valence-electron chi connectivity index (χ1n) is 9.98. The van der Waals surface area contributed by atoms with Crippen LogP contribution in [0.3, 0.4) is 0 Å². The van der Waals surface area contributed by atoms with Crippen LogP contribution in [-0.2, 0) is 17.4 Å². The summed E-state index contributed by atoms with van der Waals surface area (Å²) in [5, 5.41) is 0. The normalized spacial score (nSPS) is 15.4. The van der Waals surface area contributed by atoms with Crippen LogP contribution in [0.1, 0.15) is 30.0 Å². The molecule has 1 amide bonds. The van der Waals surface area contributed by atoms with Gasteiger partial charge in [-0.05, 0) is 42.7 Å². The molecule has 1 N–H and O–H groups in total. The number of hydrogen-bond acceptors (Lipinski definition) is 3. The molecule has 6 nitrogen and oxygen atoms in total. The molecular formula is C22H22F3N3O3. The highest BCUT2D eigenvalue weighted by Crippen LogP contribution is 2.30. The van der Waals surface area contributed by atoms with Crippen molar-refractivity contribution in [1.29, 1.82) is 0 Å². The number of piperidine rings is 1. The predicted molar refractivity (Wildman–Crippen MR) is 109 cm³/mol. The van der Waals surface area contributed by atoms with Crippen LogP contribution in [0.5, 0.6) is 5.75 Å². The van der Waals surface area contributed by atoms with Crippen LogP contribution in [0.15, 0.2) is 47.3 Å². The van der Waals surface area contributed by atoms with Crippen molar-refractivity contribution in [2.75, 3.05) is 20.2 Å². The van der Waals surface area contributed by atoms with Crippen molar-refractivity contribution in [2.24, 2.45) is 0 Å². The van der Waals surface area contributed by atoms with Gasteiger partial charge in [0.05, 0.1) is 30.1 Å². The van der Waals surface area contributed by atoms with Gasteiger partial charge in [0.1, 0.15) is 5.75 Å². The lowest BCUT2D eigenvalue weighted by molar-refractivity contribution is -0.137. The highest BCUT2D eigenvalue weighted by molar-refractivity contribution is 5.79. The molecule has 3 aromatic rings. The van der Waals surface area contributed by atoms with Gasteiger partial charge in [-0.15, -0.1) is 0 Å². The first-order valence-corrected chi connectivity index (χ1v) is 9.98. The molecule has 4 rings (SSSR count). The Balaban J connectivity index is 1.41. The van der Waals surface area contributed by atoms with Crippen molar-refractivity contribution >= 4 is 16.9 Å². The number of carbonyl (C=O) groups excluding carboxylic acids is 1.